The number of hydrogen-bond acceptors (Lipinski definition) is 8. The highest BCUT2D eigenvalue weighted by Crippen LogP contribution is 2.34. The van der Waals surface area contributed by atoms with Crippen molar-refractivity contribution in [3.8, 4) is 22.9 Å². The molecule has 12 nitrogen and oxygen atoms in total. The number of piperazine rings is 1. The van der Waals surface area contributed by atoms with E-state index < -0.39 is 22.9 Å². The molecule has 2 aromatic carbocycles. The molecule has 0 aliphatic carbocycles. The maximum absolute atomic E-state index is 13.2. The van der Waals surface area contributed by atoms with E-state index >= 15 is 0 Å². The zero-order valence-corrected chi connectivity index (χ0v) is 24.2. The van der Waals surface area contributed by atoms with E-state index in [0.29, 0.717) is 59.0 Å². The molecule has 0 bridgehead atoms. The zero-order chi connectivity index (χ0) is 29.1. The first kappa shape index (κ1) is 29.0. The molecule has 0 atom stereocenters. The van der Waals surface area contributed by atoms with Gasteiger partial charge >= 0.3 is 5.69 Å². The van der Waals surface area contributed by atoms with Crippen molar-refractivity contribution >= 4 is 27.7 Å². The van der Waals surface area contributed by atoms with Crippen LogP contribution in [0.4, 0.5) is 0 Å². The smallest absolute Gasteiger partial charge is 0.349 e. The standard InChI is InChI=1S/C27H31BrN6O6/c1-15(2)29-22(36)14-32-7-9-33(10-8-32)26(38)23-25(37)30-27(39)34(31-23)18-11-16(3)24(17(4)12-18)40-19-5-6-21(35)20(28)13-19/h5-6,11-13,15,35H,7-10,14H2,1-4H3,(H,29,36)(H,30,37,39). The molecule has 1 aliphatic heterocycles. The van der Waals surface area contributed by atoms with Crippen LogP contribution < -0.4 is 21.3 Å². The van der Waals surface area contributed by atoms with E-state index in [1.807, 2.05) is 18.7 Å². The maximum Gasteiger partial charge on any atom is 0.349 e. The Kier molecular flexibility index (Phi) is 8.74. The van der Waals surface area contributed by atoms with Gasteiger partial charge in [0, 0.05) is 32.2 Å². The summed E-state index contributed by atoms with van der Waals surface area (Å²) in [6.45, 7) is 9.15. The molecule has 3 N–H and O–H groups in total. The number of aryl methyl sites for hydroxylation is 2. The minimum atomic E-state index is -0.865. The molecule has 0 unspecified atom stereocenters. The second kappa shape index (κ2) is 12.0. The molecule has 40 heavy (non-hydrogen) atoms. The monoisotopic (exact) mass is 614 g/mol. The highest BCUT2D eigenvalue weighted by molar-refractivity contribution is 9.10. The molecule has 4 rings (SSSR count). The van der Waals surface area contributed by atoms with Gasteiger partial charge < -0.3 is 20.1 Å². The fraction of sp³-hybridized carbons (Fsp3) is 0.370. The quantitative estimate of drug-likeness (QED) is 0.366. The van der Waals surface area contributed by atoms with Gasteiger partial charge in [-0.1, -0.05) is 0 Å². The van der Waals surface area contributed by atoms with E-state index in [2.05, 4.69) is 31.3 Å². The average Bonchev–Trinajstić information content (AvgIpc) is 2.88. The summed E-state index contributed by atoms with van der Waals surface area (Å²) >= 11 is 3.26. The number of halogens is 1. The van der Waals surface area contributed by atoms with Crippen molar-refractivity contribution in [2.24, 2.45) is 0 Å². The lowest BCUT2D eigenvalue weighted by atomic mass is 10.1. The first-order valence-electron chi connectivity index (χ1n) is 12.8. The normalized spacial score (nSPS) is 13.9. The van der Waals surface area contributed by atoms with Gasteiger partial charge in [0.15, 0.2) is 0 Å². The lowest BCUT2D eigenvalue weighted by Gasteiger charge is -2.34. The summed E-state index contributed by atoms with van der Waals surface area (Å²) in [5.41, 5.74) is -0.316. The summed E-state index contributed by atoms with van der Waals surface area (Å²) in [5.74, 6) is 0.456. The number of aromatic amines is 1. The number of rotatable bonds is 7. The van der Waals surface area contributed by atoms with Gasteiger partial charge in [-0.05, 0) is 85.1 Å². The summed E-state index contributed by atoms with van der Waals surface area (Å²) < 4.78 is 7.48. The number of ether oxygens (including phenoxy) is 1. The Labute approximate surface area is 238 Å². The maximum atomic E-state index is 13.2. The van der Waals surface area contributed by atoms with Crippen molar-refractivity contribution in [2.75, 3.05) is 32.7 Å². The van der Waals surface area contributed by atoms with Crippen LogP contribution in [0.5, 0.6) is 17.2 Å². The number of amides is 2. The van der Waals surface area contributed by atoms with E-state index in [-0.39, 0.29) is 24.2 Å². The molecular formula is C27H31BrN6O6. The second-order valence-corrected chi connectivity index (χ2v) is 10.8. The van der Waals surface area contributed by atoms with E-state index in [1.54, 1.807) is 38.1 Å². The summed E-state index contributed by atoms with van der Waals surface area (Å²) in [4.78, 5) is 56.2. The molecule has 13 heteroatoms. The molecular weight excluding hydrogens is 584 g/mol. The van der Waals surface area contributed by atoms with Crippen LogP contribution in [0, 0.1) is 13.8 Å². The minimum Gasteiger partial charge on any atom is -0.507 e. The number of H-pyrrole nitrogens is 1. The number of hydrogen-bond donors (Lipinski definition) is 3. The zero-order valence-electron chi connectivity index (χ0n) is 22.7. The van der Waals surface area contributed by atoms with Gasteiger partial charge in [0.05, 0.1) is 16.7 Å². The van der Waals surface area contributed by atoms with Crippen molar-refractivity contribution in [3.63, 3.8) is 0 Å². The van der Waals surface area contributed by atoms with Gasteiger partial charge in [-0.25, -0.2) is 4.79 Å². The molecule has 1 fully saturated rings. The number of carbonyl (C=O) groups is 2. The third-order valence-corrected chi connectivity index (χ3v) is 6.97. The summed E-state index contributed by atoms with van der Waals surface area (Å²) in [6, 6.07) is 8.14. The summed E-state index contributed by atoms with van der Waals surface area (Å²) in [6.07, 6.45) is 0. The predicted octanol–water partition coefficient (Wildman–Crippen LogP) is 2.08. The molecule has 1 aliphatic rings. The van der Waals surface area contributed by atoms with Gasteiger partial charge in [-0.2, -0.15) is 9.78 Å². The topological polar surface area (TPSA) is 150 Å². The minimum absolute atomic E-state index is 0.0434. The van der Waals surface area contributed by atoms with E-state index in [4.69, 9.17) is 4.74 Å². The van der Waals surface area contributed by atoms with Crippen molar-refractivity contribution in [2.45, 2.75) is 33.7 Å². The third-order valence-electron chi connectivity index (χ3n) is 6.34. The van der Waals surface area contributed by atoms with Crippen LogP contribution in [-0.4, -0.2) is 80.3 Å². The van der Waals surface area contributed by atoms with Crippen LogP contribution in [0.2, 0.25) is 0 Å². The number of nitrogens with one attached hydrogen (secondary N) is 2. The Bertz CT molecular complexity index is 1530. The Morgan fingerprint density at radius 3 is 2.35 bits per heavy atom. The van der Waals surface area contributed by atoms with Gasteiger partial charge in [0.25, 0.3) is 11.5 Å². The van der Waals surface area contributed by atoms with E-state index in [1.165, 1.54) is 11.0 Å². The van der Waals surface area contributed by atoms with Crippen molar-refractivity contribution in [1.82, 2.24) is 29.9 Å². The van der Waals surface area contributed by atoms with Crippen LogP contribution in [0.15, 0.2) is 44.4 Å². The number of benzene rings is 2. The Balaban J connectivity index is 1.54. The summed E-state index contributed by atoms with van der Waals surface area (Å²) in [7, 11) is 0. The number of phenolic OH excluding ortho intramolecular Hbond substituents is 1. The molecule has 2 amide bonds. The predicted molar refractivity (Wildman–Crippen MR) is 151 cm³/mol. The van der Waals surface area contributed by atoms with Crippen molar-refractivity contribution in [3.05, 3.63) is 72.5 Å². The fourth-order valence-corrected chi connectivity index (χ4v) is 4.78. The third kappa shape index (κ3) is 6.59. The average molecular weight is 615 g/mol. The van der Waals surface area contributed by atoms with Crippen LogP contribution in [0.25, 0.3) is 5.69 Å². The van der Waals surface area contributed by atoms with E-state index in [9.17, 15) is 24.3 Å². The Morgan fingerprint density at radius 2 is 1.75 bits per heavy atom. The molecule has 0 radical (unpaired) electrons. The molecule has 0 spiro atoms. The fourth-order valence-electron chi connectivity index (χ4n) is 4.42. The highest BCUT2D eigenvalue weighted by Gasteiger charge is 2.27. The SMILES string of the molecule is Cc1cc(-n2nc(C(=O)N3CCN(CC(=O)NC(C)C)CC3)c(=O)[nH]c2=O)cc(C)c1Oc1ccc(O)c(Br)c1. The van der Waals surface area contributed by atoms with Gasteiger partial charge in [0.1, 0.15) is 17.2 Å². The number of aromatic hydroxyl groups is 1. The molecule has 1 saturated heterocycles. The second-order valence-electron chi connectivity index (χ2n) is 9.93. The van der Waals surface area contributed by atoms with E-state index in [0.717, 1.165) is 4.68 Å². The van der Waals surface area contributed by atoms with Crippen LogP contribution in [0.1, 0.15) is 35.5 Å². The van der Waals surface area contributed by atoms with Gasteiger partial charge in [-0.15, -0.1) is 0 Å². The largest absolute Gasteiger partial charge is 0.507 e. The van der Waals surface area contributed by atoms with Crippen molar-refractivity contribution in [1.29, 1.82) is 0 Å². The lowest BCUT2D eigenvalue weighted by Crippen LogP contribution is -2.52. The number of phenols is 1. The number of carbonyl (C=O) groups excluding carboxylic acids is 2. The van der Waals surface area contributed by atoms with Gasteiger partial charge in [0.2, 0.25) is 11.6 Å². The Hall–Kier alpha value is -3.97. The van der Waals surface area contributed by atoms with Crippen LogP contribution in [0.3, 0.4) is 0 Å². The van der Waals surface area contributed by atoms with Crippen LogP contribution >= 0.6 is 15.9 Å². The highest BCUT2D eigenvalue weighted by atomic mass is 79.9. The number of aromatic nitrogens is 3. The first-order valence-corrected chi connectivity index (χ1v) is 13.5. The number of nitrogens with zero attached hydrogens (tertiary/aromatic N) is 4. The molecule has 1 aromatic heterocycles. The first-order chi connectivity index (χ1) is 18.9. The Morgan fingerprint density at radius 1 is 1.10 bits per heavy atom. The van der Waals surface area contributed by atoms with Gasteiger partial charge in [-0.3, -0.25) is 24.3 Å². The molecule has 212 valence electrons. The molecule has 3 aromatic rings. The molecule has 0 saturated carbocycles. The van der Waals surface area contributed by atoms with Crippen molar-refractivity contribution < 1.29 is 19.4 Å². The molecule has 2 heterocycles. The van der Waals surface area contributed by atoms with Crippen LogP contribution in [-0.2, 0) is 4.79 Å². The summed E-state index contributed by atoms with van der Waals surface area (Å²) in [5, 5.41) is 16.7. The lowest BCUT2D eigenvalue weighted by molar-refractivity contribution is -0.123.